The lowest BCUT2D eigenvalue weighted by Crippen LogP contribution is -2.27. The first kappa shape index (κ1) is 19.7. The fraction of sp³-hybridized carbons (Fsp3) is 0.647. The molecule has 2 aromatic rings. The van der Waals surface area contributed by atoms with Gasteiger partial charge in [-0.25, -0.2) is 23.1 Å². The second-order valence-corrected chi connectivity index (χ2v) is 8.26. The van der Waals surface area contributed by atoms with Crippen LogP contribution in [0.1, 0.15) is 50.9 Å². The second-order valence-electron chi connectivity index (χ2n) is 6.33. The fourth-order valence-electron chi connectivity index (χ4n) is 2.92. The minimum atomic E-state index is -3.17. The van der Waals surface area contributed by atoms with Crippen LogP contribution < -0.4 is 10.5 Å². The number of aromatic nitrogens is 3. The molecule has 0 bridgehead atoms. The van der Waals surface area contributed by atoms with Crippen LogP contribution in [0, 0.1) is 6.92 Å². The lowest BCUT2D eigenvalue weighted by Gasteiger charge is -2.10. The van der Waals surface area contributed by atoms with E-state index in [1.54, 1.807) is 6.20 Å². The van der Waals surface area contributed by atoms with Crippen molar-refractivity contribution in [3.63, 3.8) is 0 Å². The van der Waals surface area contributed by atoms with E-state index in [9.17, 15) is 8.42 Å². The van der Waals surface area contributed by atoms with Gasteiger partial charge in [0.15, 0.2) is 5.82 Å². The lowest BCUT2D eigenvalue weighted by molar-refractivity contribution is 0.566. The molecule has 0 saturated carbocycles. The molecule has 0 radical (unpaired) electrons. The average Bonchev–Trinajstić information content (AvgIpc) is 2.95. The molecule has 2 aromatic heterocycles. The highest BCUT2D eigenvalue weighted by molar-refractivity contribution is 7.89. The number of pyridine rings is 1. The highest BCUT2D eigenvalue weighted by Crippen LogP contribution is 2.24. The number of nitrogens with one attached hydrogen (secondary N) is 1. The van der Waals surface area contributed by atoms with Crippen molar-refractivity contribution in [2.45, 2.75) is 59.4 Å². The molecule has 3 N–H and O–H groups in total. The topological polar surface area (TPSA) is 103 Å². The Labute approximate surface area is 150 Å². The maximum atomic E-state index is 11.9. The van der Waals surface area contributed by atoms with Crippen molar-refractivity contribution in [1.82, 2.24) is 19.3 Å². The lowest BCUT2D eigenvalue weighted by atomic mass is 10.2. The number of rotatable bonds is 10. The number of nitrogen functional groups attached to an aromatic ring is 1. The van der Waals surface area contributed by atoms with Crippen molar-refractivity contribution in [2.24, 2.45) is 0 Å². The van der Waals surface area contributed by atoms with E-state index in [2.05, 4.69) is 26.2 Å². The summed E-state index contributed by atoms with van der Waals surface area (Å²) in [6.07, 6.45) is 5.79. The number of sulfonamides is 1. The number of fused-ring (bicyclic) bond motifs is 1. The molecule has 7 nitrogen and oxygen atoms in total. The van der Waals surface area contributed by atoms with Crippen molar-refractivity contribution in [3.8, 4) is 0 Å². The summed E-state index contributed by atoms with van der Waals surface area (Å²) in [5.74, 6) is 1.56. The van der Waals surface area contributed by atoms with Crippen LogP contribution in [0.25, 0.3) is 11.0 Å². The zero-order valence-electron chi connectivity index (χ0n) is 15.4. The third-order valence-electron chi connectivity index (χ3n) is 4.27. The van der Waals surface area contributed by atoms with E-state index < -0.39 is 10.0 Å². The van der Waals surface area contributed by atoms with Crippen LogP contribution in [-0.4, -0.2) is 35.3 Å². The maximum Gasteiger partial charge on any atom is 0.211 e. The van der Waals surface area contributed by atoms with Crippen LogP contribution in [0.4, 0.5) is 5.82 Å². The summed E-state index contributed by atoms with van der Waals surface area (Å²) in [6.45, 7) is 7.34. The third kappa shape index (κ3) is 4.92. The molecule has 0 unspecified atom stereocenters. The molecular weight excluding hydrogens is 338 g/mol. The highest BCUT2D eigenvalue weighted by atomic mass is 32.2. The Balaban J connectivity index is 2.03. The zero-order chi connectivity index (χ0) is 18.4. The number of imidazole rings is 1. The standard InChI is InChI=1S/C17H29N5O2S/c1-4-6-9-20-25(23,24)11-8-7-10-22-14(5-2)21-15-16(22)13(3)12-19-17(15)18/h12,20H,4-11H2,1-3H3,(H2,18,19). The third-order valence-corrected chi connectivity index (χ3v) is 5.74. The van der Waals surface area contributed by atoms with Gasteiger partial charge in [0.1, 0.15) is 11.3 Å². The van der Waals surface area contributed by atoms with Crippen molar-refractivity contribution in [2.75, 3.05) is 18.0 Å². The Hall–Kier alpha value is -1.67. The molecule has 0 aromatic carbocycles. The minimum Gasteiger partial charge on any atom is -0.382 e. The Morgan fingerprint density at radius 2 is 2.00 bits per heavy atom. The number of hydrogen-bond donors (Lipinski definition) is 2. The normalized spacial score (nSPS) is 12.1. The van der Waals surface area contributed by atoms with Gasteiger partial charge in [-0.2, -0.15) is 0 Å². The SMILES string of the molecule is CCCCNS(=O)(=O)CCCCn1c(CC)nc2c(N)ncc(C)c21. The molecule has 0 amide bonds. The molecule has 0 aliphatic heterocycles. The first-order valence-corrected chi connectivity index (χ1v) is 10.6. The fourth-order valence-corrected chi connectivity index (χ4v) is 4.10. The largest absolute Gasteiger partial charge is 0.382 e. The average molecular weight is 368 g/mol. The highest BCUT2D eigenvalue weighted by Gasteiger charge is 2.15. The van der Waals surface area contributed by atoms with Gasteiger partial charge in [-0.15, -0.1) is 0 Å². The van der Waals surface area contributed by atoms with E-state index in [1.807, 2.05) is 13.8 Å². The van der Waals surface area contributed by atoms with Gasteiger partial charge < -0.3 is 10.3 Å². The molecule has 2 rings (SSSR count). The number of aryl methyl sites for hydroxylation is 3. The Morgan fingerprint density at radius 3 is 2.68 bits per heavy atom. The molecule has 140 valence electrons. The Morgan fingerprint density at radius 1 is 1.24 bits per heavy atom. The van der Waals surface area contributed by atoms with E-state index >= 15 is 0 Å². The van der Waals surface area contributed by atoms with Crippen LogP contribution in [0.3, 0.4) is 0 Å². The molecular formula is C17H29N5O2S. The Kier molecular flexibility index (Phi) is 6.78. The van der Waals surface area contributed by atoms with E-state index in [4.69, 9.17) is 5.73 Å². The van der Waals surface area contributed by atoms with Gasteiger partial charge >= 0.3 is 0 Å². The minimum absolute atomic E-state index is 0.160. The second kappa shape index (κ2) is 8.62. The van der Waals surface area contributed by atoms with Crippen molar-refractivity contribution in [3.05, 3.63) is 17.6 Å². The maximum absolute atomic E-state index is 11.9. The quantitative estimate of drug-likeness (QED) is 0.628. The molecule has 0 aliphatic carbocycles. The number of anilines is 1. The molecule has 2 heterocycles. The van der Waals surface area contributed by atoms with Crippen molar-refractivity contribution in [1.29, 1.82) is 0 Å². The van der Waals surface area contributed by atoms with Gasteiger partial charge in [0.2, 0.25) is 10.0 Å². The number of nitrogens with zero attached hydrogens (tertiary/aromatic N) is 3. The first-order chi connectivity index (χ1) is 11.9. The summed E-state index contributed by atoms with van der Waals surface area (Å²) in [4.78, 5) is 8.79. The summed E-state index contributed by atoms with van der Waals surface area (Å²) in [5.41, 5.74) is 8.74. The van der Waals surface area contributed by atoms with E-state index in [-0.39, 0.29) is 5.75 Å². The van der Waals surface area contributed by atoms with Crippen molar-refractivity contribution >= 4 is 26.9 Å². The molecule has 8 heteroatoms. The van der Waals surface area contributed by atoms with Crippen LogP contribution in [-0.2, 0) is 23.0 Å². The molecule has 0 spiro atoms. The summed E-state index contributed by atoms with van der Waals surface area (Å²) in [6, 6.07) is 0. The van der Waals surface area contributed by atoms with Gasteiger partial charge in [-0.1, -0.05) is 20.3 Å². The summed E-state index contributed by atoms with van der Waals surface area (Å²) < 4.78 is 28.7. The molecule has 0 fully saturated rings. The number of nitrogens with two attached hydrogens (primary N) is 1. The van der Waals surface area contributed by atoms with E-state index in [0.29, 0.717) is 18.8 Å². The molecule has 25 heavy (non-hydrogen) atoms. The van der Waals surface area contributed by atoms with Crippen LogP contribution in [0.5, 0.6) is 0 Å². The van der Waals surface area contributed by atoms with Gasteiger partial charge in [-0.3, -0.25) is 0 Å². The zero-order valence-corrected chi connectivity index (χ0v) is 16.2. The van der Waals surface area contributed by atoms with E-state index in [1.165, 1.54) is 0 Å². The van der Waals surface area contributed by atoms with Crippen LogP contribution in [0.2, 0.25) is 0 Å². The van der Waals surface area contributed by atoms with Gasteiger partial charge in [0.05, 0.1) is 11.3 Å². The Bertz CT molecular complexity index is 814. The summed E-state index contributed by atoms with van der Waals surface area (Å²) in [7, 11) is -3.17. The number of hydrogen-bond acceptors (Lipinski definition) is 5. The summed E-state index contributed by atoms with van der Waals surface area (Å²) >= 11 is 0. The smallest absolute Gasteiger partial charge is 0.211 e. The monoisotopic (exact) mass is 367 g/mol. The first-order valence-electron chi connectivity index (χ1n) is 8.97. The van der Waals surface area contributed by atoms with Gasteiger partial charge in [-0.05, 0) is 31.7 Å². The van der Waals surface area contributed by atoms with Gasteiger partial charge in [0.25, 0.3) is 0 Å². The predicted molar refractivity (Wildman–Crippen MR) is 102 cm³/mol. The van der Waals surface area contributed by atoms with Crippen LogP contribution >= 0.6 is 0 Å². The number of unbranched alkanes of at least 4 members (excludes halogenated alkanes) is 2. The molecule has 0 atom stereocenters. The predicted octanol–water partition coefficient (Wildman–Crippen LogP) is 2.38. The van der Waals surface area contributed by atoms with E-state index in [0.717, 1.165) is 54.6 Å². The van der Waals surface area contributed by atoms with Crippen molar-refractivity contribution < 1.29 is 8.42 Å². The van der Waals surface area contributed by atoms with Crippen LogP contribution in [0.15, 0.2) is 6.20 Å². The molecule has 0 saturated heterocycles. The van der Waals surface area contributed by atoms with Gasteiger partial charge in [0, 0.05) is 25.7 Å². The molecule has 0 aliphatic rings. The summed E-state index contributed by atoms with van der Waals surface area (Å²) in [5, 5.41) is 0.